The van der Waals surface area contributed by atoms with E-state index in [4.69, 9.17) is 0 Å². The van der Waals surface area contributed by atoms with Gasteiger partial charge in [0.2, 0.25) is 10.0 Å². The maximum absolute atomic E-state index is 12.9. The topological polar surface area (TPSA) is 80.5 Å². The number of hydrogen-bond acceptors (Lipinski definition) is 5. The lowest BCUT2D eigenvalue weighted by Crippen LogP contribution is -2.30. The van der Waals surface area contributed by atoms with E-state index in [0.29, 0.717) is 12.3 Å². The molecule has 23 heavy (non-hydrogen) atoms. The monoisotopic (exact) mass is 350 g/mol. The standard InChI is InChI=1S/C15H14N2O4S2/c18-17(19)13-7-4-8-14(11-13)23(20,21)16-9-10-22-15(16)12-5-2-1-3-6-12/h1-8,11,15H,9-10H2. The Morgan fingerprint density at radius 3 is 2.57 bits per heavy atom. The summed E-state index contributed by atoms with van der Waals surface area (Å²) in [4.78, 5) is 10.2. The number of rotatable bonds is 4. The Kier molecular flexibility index (Phi) is 4.38. The fraction of sp³-hybridized carbons (Fsp3) is 0.200. The molecule has 0 aliphatic carbocycles. The van der Waals surface area contributed by atoms with Crippen molar-refractivity contribution in [2.45, 2.75) is 10.3 Å². The van der Waals surface area contributed by atoms with Crippen LogP contribution in [0.15, 0.2) is 59.5 Å². The van der Waals surface area contributed by atoms with Gasteiger partial charge in [-0.15, -0.1) is 11.8 Å². The van der Waals surface area contributed by atoms with Crippen molar-refractivity contribution in [2.75, 3.05) is 12.3 Å². The Hall–Kier alpha value is -1.90. The van der Waals surface area contributed by atoms with E-state index in [9.17, 15) is 18.5 Å². The minimum Gasteiger partial charge on any atom is -0.258 e. The first-order valence-electron chi connectivity index (χ1n) is 6.93. The Morgan fingerprint density at radius 2 is 1.87 bits per heavy atom. The summed E-state index contributed by atoms with van der Waals surface area (Å²) in [5.74, 6) is 0.688. The zero-order chi connectivity index (χ0) is 16.4. The maximum atomic E-state index is 12.9. The van der Waals surface area contributed by atoms with Crippen LogP contribution in [0.25, 0.3) is 0 Å². The molecule has 3 rings (SSSR count). The van der Waals surface area contributed by atoms with Crippen molar-refractivity contribution in [3.63, 3.8) is 0 Å². The summed E-state index contributed by atoms with van der Waals surface area (Å²) in [6.07, 6.45) is 0. The van der Waals surface area contributed by atoms with E-state index < -0.39 is 14.9 Å². The second-order valence-corrected chi connectivity index (χ2v) is 8.08. The van der Waals surface area contributed by atoms with Gasteiger partial charge < -0.3 is 0 Å². The molecule has 2 aromatic rings. The Balaban J connectivity index is 1.99. The third kappa shape index (κ3) is 3.10. The molecule has 120 valence electrons. The molecule has 0 bridgehead atoms. The van der Waals surface area contributed by atoms with E-state index in [1.165, 1.54) is 22.5 Å². The number of benzene rings is 2. The molecular formula is C15H14N2O4S2. The minimum absolute atomic E-state index is 0.0462. The van der Waals surface area contributed by atoms with Crippen LogP contribution < -0.4 is 0 Å². The molecule has 8 heteroatoms. The summed E-state index contributed by atoms with van der Waals surface area (Å²) >= 11 is 1.55. The molecule has 1 unspecified atom stereocenters. The number of thioether (sulfide) groups is 1. The highest BCUT2D eigenvalue weighted by Crippen LogP contribution is 2.41. The molecule has 0 spiro atoms. The lowest BCUT2D eigenvalue weighted by molar-refractivity contribution is -0.385. The molecule has 0 saturated carbocycles. The van der Waals surface area contributed by atoms with Gasteiger partial charge >= 0.3 is 0 Å². The van der Waals surface area contributed by atoms with Crippen LogP contribution in [-0.2, 0) is 10.0 Å². The first-order valence-corrected chi connectivity index (χ1v) is 9.42. The normalized spacial score (nSPS) is 18.9. The van der Waals surface area contributed by atoms with E-state index in [1.54, 1.807) is 11.8 Å². The highest BCUT2D eigenvalue weighted by Gasteiger charge is 2.37. The zero-order valence-corrected chi connectivity index (χ0v) is 13.7. The highest BCUT2D eigenvalue weighted by atomic mass is 32.2. The van der Waals surface area contributed by atoms with Crippen LogP contribution in [0.3, 0.4) is 0 Å². The van der Waals surface area contributed by atoms with E-state index in [1.807, 2.05) is 30.3 Å². The summed E-state index contributed by atoms with van der Waals surface area (Å²) in [6.45, 7) is 0.384. The van der Waals surface area contributed by atoms with Gasteiger partial charge in [0, 0.05) is 24.4 Å². The molecule has 0 N–H and O–H groups in total. The van der Waals surface area contributed by atoms with Gasteiger partial charge in [0.15, 0.2) is 0 Å². The largest absolute Gasteiger partial charge is 0.270 e. The number of nitro benzene ring substituents is 1. The van der Waals surface area contributed by atoms with Crippen LogP contribution in [-0.4, -0.2) is 29.9 Å². The lowest BCUT2D eigenvalue weighted by Gasteiger charge is -2.23. The van der Waals surface area contributed by atoms with Crippen LogP contribution >= 0.6 is 11.8 Å². The number of non-ortho nitro benzene ring substituents is 1. The van der Waals surface area contributed by atoms with Crippen molar-refractivity contribution in [3.8, 4) is 0 Å². The molecule has 1 heterocycles. The van der Waals surface area contributed by atoms with E-state index in [0.717, 1.165) is 11.6 Å². The number of hydrogen-bond donors (Lipinski definition) is 0. The fourth-order valence-corrected chi connectivity index (χ4v) is 5.76. The second-order valence-electron chi connectivity index (χ2n) is 5.00. The first kappa shape index (κ1) is 16.0. The number of nitro groups is 1. The van der Waals surface area contributed by atoms with Gasteiger partial charge in [-0.1, -0.05) is 36.4 Å². The average molecular weight is 350 g/mol. The van der Waals surface area contributed by atoms with Crippen molar-refractivity contribution >= 4 is 27.5 Å². The summed E-state index contributed by atoms with van der Waals surface area (Å²) in [5.41, 5.74) is 0.679. The van der Waals surface area contributed by atoms with Crippen LogP contribution in [0.1, 0.15) is 10.9 Å². The number of sulfonamides is 1. The van der Waals surface area contributed by atoms with Crippen LogP contribution in [0.4, 0.5) is 5.69 Å². The van der Waals surface area contributed by atoms with Gasteiger partial charge in [-0.3, -0.25) is 10.1 Å². The van der Waals surface area contributed by atoms with Gasteiger partial charge in [0.1, 0.15) is 0 Å². The molecule has 1 aliphatic rings. The summed E-state index contributed by atoms with van der Waals surface area (Å²) in [5, 5.41) is 10.6. The average Bonchev–Trinajstić information content (AvgIpc) is 3.06. The predicted molar refractivity (Wildman–Crippen MR) is 88.6 cm³/mol. The Morgan fingerprint density at radius 1 is 1.13 bits per heavy atom. The van der Waals surface area contributed by atoms with Crippen molar-refractivity contribution in [2.24, 2.45) is 0 Å². The maximum Gasteiger partial charge on any atom is 0.270 e. The smallest absolute Gasteiger partial charge is 0.258 e. The van der Waals surface area contributed by atoms with E-state index in [-0.39, 0.29) is 16.0 Å². The van der Waals surface area contributed by atoms with Gasteiger partial charge in [-0.05, 0) is 11.6 Å². The van der Waals surface area contributed by atoms with Gasteiger partial charge in [-0.25, -0.2) is 8.42 Å². The van der Waals surface area contributed by atoms with Gasteiger partial charge in [0.25, 0.3) is 5.69 Å². The van der Waals surface area contributed by atoms with Gasteiger partial charge in [0.05, 0.1) is 15.2 Å². The zero-order valence-electron chi connectivity index (χ0n) is 12.0. The second kappa shape index (κ2) is 6.31. The number of nitrogens with zero attached hydrogens (tertiary/aromatic N) is 2. The van der Waals surface area contributed by atoms with E-state index in [2.05, 4.69) is 0 Å². The van der Waals surface area contributed by atoms with Crippen LogP contribution in [0.5, 0.6) is 0 Å². The first-order chi connectivity index (χ1) is 11.0. The van der Waals surface area contributed by atoms with E-state index >= 15 is 0 Å². The lowest BCUT2D eigenvalue weighted by atomic mass is 10.2. The van der Waals surface area contributed by atoms with Gasteiger partial charge in [-0.2, -0.15) is 4.31 Å². The molecule has 6 nitrogen and oxygen atoms in total. The molecule has 0 aromatic heterocycles. The SMILES string of the molecule is O=[N+]([O-])c1cccc(S(=O)(=O)N2CCSC2c2ccccc2)c1. The third-order valence-corrected chi connectivity index (χ3v) is 6.82. The Labute approximate surface area is 138 Å². The quantitative estimate of drug-likeness (QED) is 0.625. The minimum atomic E-state index is -3.78. The highest BCUT2D eigenvalue weighted by molar-refractivity contribution is 8.01. The molecule has 1 aliphatic heterocycles. The molecule has 0 radical (unpaired) electrons. The van der Waals surface area contributed by atoms with Crippen LogP contribution in [0, 0.1) is 10.1 Å². The van der Waals surface area contributed by atoms with Crippen molar-refractivity contribution < 1.29 is 13.3 Å². The molecule has 1 saturated heterocycles. The molecular weight excluding hydrogens is 336 g/mol. The fourth-order valence-electron chi connectivity index (χ4n) is 2.47. The van der Waals surface area contributed by atoms with Crippen molar-refractivity contribution in [1.29, 1.82) is 0 Å². The Bertz CT molecular complexity index is 824. The van der Waals surface area contributed by atoms with Crippen LogP contribution in [0.2, 0.25) is 0 Å². The molecule has 2 aromatic carbocycles. The molecule has 1 atom stereocenters. The molecule has 1 fully saturated rings. The summed E-state index contributed by atoms with van der Waals surface area (Å²) < 4.78 is 27.2. The van der Waals surface area contributed by atoms with Crippen molar-refractivity contribution in [3.05, 3.63) is 70.3 Å². The van der Waals surface area contributed by atoms with Crippen molar-refractivity contribution in [1.82, 2.24) is 4.31 Å². The predicted octanol–water partition coefficient (Wildman–Crippen LogP) is 3.03. The summed E-state index contributed by atoms with van der Waals surface area (Å²) in [6, 6.07) is 14.6. The summed E-state index contributed by atoms with van der Waals surface area (Å²) in [7, 11) is -3.78. The third-order valence-electron chi connectivity index (χ3n) is 3.57. The molecule has 0 amide bonds.